The van der Waals surface area contributed by atoms with E-state index in [1.165, 1.54) is 17.0 Å². The van der Waals surface area contributed by atoms with Gasteiger partial charge >= 0.3 is 5.97 Å². The molecule has 21 heavy (non-hydrogen) atoms. The Kier molecular flexibility index (Phi) is 5.66. The van der Waals surface area contributed by atoms with Crippen LogP contribution in [-0.4, -0.2) is 39.4 Å². The molecule has 0 bridgehead atoms. The van der Waals surface area contributed by atoms with Crippen LogP contribution >= 0.6 is 11.6 Å². The fourth-order valence-electron chi connectivity index (χ4n) is 1.96. The summed E-state index contributed by atoms with van der Waals surface area (Å²) in [5, 5.41) is 19.7. The SMILES string of the molecule is CCN(C(=O)c1cc([N+](=O)[O-])ccc1Cl)C(C)CC(=O)O. The molecule has 1 unspecified atom stereocenters. The van der Waals surface area contributed by atoms with Crippen molar-refractivity contribution < 1.29 is 19.6 Å². The van der Waals surface area contributed by atoms with E-state index in [0.29, 0.717) is 0 Å². The highest BCUT2D eigenvalue weighted by molar-refractivity contribution is 6.33. The average molecular weight is 315 g/mol. The lowest BCUT2D eigenvalue weighted by Gasteiger charge is -2.27. The number of nitrogens with zero attached hydrogens (tertiary/aromatic N) is 2. The number of nitro groups is 1. The zero-order chi connectivity index (χ0) is 16.2. The summed E-state index contributed by atoms with van der Waals surface area (Å²) in [7, 11) is 0. The van der Waals surface area contributed by atoms with Crippen molar-refractivity contribution in [2.75, 3.05) is 6.54 Å². The number of hydrogen-bond acceptors (Lipinski definition) is 4. The van der Waals surface area contributed by atoms with E-state index in [2.05, 4.69) is 0 Å². The number of amides is 1. The summed E-state index contributed by atoms with van der Waals surface area (Å²) in [5.74, 6) is -1.56. The molecular formula is C13H15ClN2O5. The summed E-state index contributed by atoms with van der Waals surface area (Å²) in [5.41, 5.74) is -0.255. The molecule has 1 aromatic carbocycles. The van der Waals surface area contributed by atoms with E-state index in [4.69, 9.17) is 16.7 Å². The molecule has 0 saturated carbocycles. The van der Waals surface area contributed by atoms with E-state index in [1.54, 1.807) is 13.8 Å². The van der Waals surface area contributed by atoms with Crippen molar-refractivity contribution in [1.82, 2.24) is 4.90 Å². The van der Waals surface area contributed by atoms with Gasteiger partial charge in [-0.15, -0.1) is 0 Å². The predicted octanol–water partition coefficient (Wildman–Crippen LogP) is 2.57. The van der Waals surface area contributed by atoms with Gasteiger partial charge in [-0.1, -0.05) is 11.6 Å². The van der Waals surface area contributed by atoms with E-state index in [0.717, 1.165) is 6.07 Å². The average Bonchev–Trinajstić information content (AvgIpc) is 2.38. The summed E-state index contributed by atoms with van der Waals surface area (Å²) in [4.78, 5) is 34.6. The van der Waals surface area contributed by atoms with Gasteiger partial charge in [-0.3, -0.25) is 19.7 Å². The van der Waals surface area contributed by atoms with Crippen LogP contribution in [0.1, 0.15) is 30.6 Å². The molecule has 0 aliphatic rings. The van der Waals surface area contributed by atoms with Crippen LogP contribution in [0.2, 0.25) is 5.02 Å². The van der Waals surface area contributed by atoms with Gasteiger partial charge in [0.1, 0.15) is 0 Å². The quantitative estimate of drug-likeness (QED) is 0.642. The summed E-state index contributed by atoms with van der Waals surface area (Å²) < 4.78 is 0. The first-order chi connectivity index (χ1) is 9.77. The fourth-order valence-corrected chi connectivity index (χ4v) is 2.16. The lowest BCUT2D eigenvalue weighted by Crippen LogP contribution is -2.39. The third kappa shape index (κ3) is 4.16. The van der Waals surface area contributed by atoms with Crippen molar-refractivity contribution in [2.45, 2.75) is 26.3 Å². The maximum absolute atomic E-state index is 12.4. The number of carboxylic acid groups (broad SMARTS) is 1. The minimum absolute atomic E-state index is 0.00930. The molecule has 1 atom stereocenters. The Bertz CT molecular complexity index is 576. The molecule has 7 nitrogen and oxygen atoms in total. The zero-order valence-electron chi connectivity index (χ0n) is 11.6. The summed E-state index contributed by atoms with van der Waals surface area (Å²) in [6.07, 6.45) is -0.216. The van der Waals surface area contributed by atoms with Gasteiger partial charge in [-0.2, -0.15) is 0 Å². The molecule has 0 spiro atoms. The number of halogens is 1. The number of non-ortho nitro benzene ring substituents is 1. The third-order valence-corrected chi connectivity index (χ3v) is 3.32. The first-order valence-electron chi connectivity index (χ1n) is 6.24. The number of benzene rings is 1. The number of nitro benzene ring substituents is 1. The van der Waals surface area contributed by atoms with Gasteiger partial charge in [0.05, 0.1) is 21.9 Å². The highest BCUT2D eigenvalue weighted by Gasteiger charge is 2.25. The minimum Gasteiger partial charge on any atom is -0.481 e. The molecule has 1 aromatic rings. The summed E-state index contributed by atoms with van der Waals surface area (Å²) in [6, 6.07) is 3.04. The smallest absolute Gasteiger partial charge is 0.305 e. The zero-order valence-corrected chi connectivity index (χ0v) is 12.3. The van der Waals surface area contributed by atoms with Gasteiger partial charge in [-0.05, 0) is 19.9 Å². The Morgan fingerprint density at radius 2 is 2.10 bits per heavy atom. The topological polar surface area (TPSA) is 101 Å². The molecular weight excluding hydrogens is 300 g/mol. The maximum atomic E-state index is 12.4. The van der Waals surface area contributed by atoms with Crippen LogP contribution in [0.3, 0.4) is 0 Å². The molecule has 0 saturated heterocycles. The van der Waals surface area contributed by atoms with Gasteiger partial charge < -0.3 is 10.0 Å². The van der Waals surface area contributed by atoms with Crippen LogP contribution < -0.4 is 0 Å². The van der Waals surface area contributed by atoms with E-state index >= 15 is 0 Å². The largest absolute Gasteiger partial charge is 0.481 e. The molecule has 0 aromatic heterocycles. The molecule has 8 heteroatoms. The van der Waals surface area contributed by atoms with E-state index in [-0.39, 0.29) is 29.2 Å². The summed E-state index contributed by atoms with van der Waals surface area (Å²) in [6.45, 7) is 3.56. The van der Waals surface area contributed by atoms with Gasteiger partial charge in [0.25, 0.3) is 11.6 Å². The molecule has 0 heterocycles. The normalized spacial score (nSPS) is 11.8. The third-order valence-electron chi connectivity index (χ3n) is 2.99. The van der Waals surface area contributed by atoms with Gasteiger partial charge in [-0.25, -0.2) is 0 Å². The first-order valence-corrected chi connectivity index (χ1v) is 6.62. The Labute approximate surface area is 126 Å². The van der Waals surface area contributed by atoms with Crippen molar-refractivity contribution in [3.63, 3.8) is 0 Å². The van der Waals surface area contributed by atoms with Gasteiger partial charge in [0, 0.05) is 24.7 Å². The van der Waals surface area contributed by atoms with E-state index in [9.17, 15) is 19.7 Å². The Morgan fingerprint density at radius 3 is 2.57 bits per heavy atom. The molecule has 0 fully saturated rings. The highest BCUT2D eigenvalue weighted by Crippen LogP contribution is 2.24. The molecule has 114 valence electrons. The van der Waals surface area contributed by atoms with Crippen LogP contribution in [0.15, 0.2) is 18.2 Å². The highest BCUT2D eigenvalue weighted by atomic mass is 35.5. The molecule has 0 radical (unpaired) electrons. The number of carboxylic acids is 1. The van der Waals surface area contributed by atoms with Crippen molar-refractivity contribution in [1.29, 1.82) is 0 Å². The second kappa shape index (κ2) is 7.03. The first kappa shape index (κ1) is 16.9. The van der Waals surface area contributed by atoms with Crippen LogP contribution in [-0.2, 0) is 4.79 Å². The standard InChI is InChI=1S/C13H15ClN2O5/c1-3-15(8(2)6-12(17)18)13(19)10-7-9(16(20)21)4-5-11(10)14/h4-5,7-8H,3,6H2,1-2H3,(H,17,18). The lowest BCUT2D eigenvalue weighted by atomic mass is 10.1. The van der Waals surface area contributed by atoms with Gasteiger partial charge in [0.2, 0.25) is 0 Å². The monoisotopic (exact) mass is 314 g/mol. The van der Waals surface area contributed by atoms with Crippen LogP contribution in [0.5, 0.6) is 0 Å². The molecule has 0 aliphatic heterocycles. The van der Waals surface area contributed by atoms with E-state index in [1.807, 2.05) is 0 Å². The molecule has 1 N–H and O–H groups in total. The number of aliphatic carboxylic acids is 1. The number of hydrogen-bond donors (Lipinski definition) is 1. The Morgan fingerprint density at radius 1 is 1.48 bits per heavy atom. The summed E-state index contributed by atoms with van der Waals surface area (Å²) >= 11 is 5.92. The second-order valence-electron chi connectivity index (χ2n) is 4.46. The fraction of sp³-hybridized carbons (Fsp3) is 0.385. The molecule has 1 amide bonds. The number of rotatable bonds is 6. The molecule has 1 rings (SSSR count). The predicted molar refractivity (Wildman–Crippen MR) is 76.5 cm³/mol. The van der Waals surface area contributed by atoms with Crippen molar-refractivity contribution >= 4 is 29.2 Å². The van der Waals surface area contributed by atoms with Crippen molar-refractivity contribution in [3.8, 4) is 0 Å². The maximum Gasteiger partial charge on any atom is 0.305 e. The Hall–Kier alpha value is -2.15. The van der Waals surface area contributed by atoms with Gasteiger partial charge in [0.15, 0.2) is 0 Å². The van der Waals surface area contributed by atoms with Crippen LogP contribution in [0, 0.1) is 10.1 Å². The van der Waals surface area contributed by atoms with Crippen molar-refractivity contribution in [3.05, 3.63) is 38.9 Å². The van der Waals surface area contributed by atoms with Crippen LogP contribution in [0.25, 0.3) is 0 Å². The number of carbonyl (C=O) groups excluding carboxylic acids is 1. The van der Waals surface area contributed by atoms with E-state index < -0.39 is 22.8 Å². The van der Waals surface area contributed by atoms with Crippen LogP contribution in [0.4, 0.5) is 5.69 Å². The van der Waals surface area contributed by atoms with Crippen molar-refractivity contribution in [2.24, 2.45) is 0 Å². The second-order valence-corrected chi connectivity index (χ2v) is 4.87. The lowest BCUT2D eigenvalue weighted by molar-refractivity contribution is -0.384. The molecule has 0 aliphatic carbocycles. The minimum atomic E-state index is -1.03. The number of carbonyl (C=O) groups is 2. The Balaban J connectivity index is 3.12.